The number of ether oxygens (including phenoxy) is 1. The number of aliphatic carboxylic acids is 1. The first-order valence-corrected chi connectivity index (χ1v) is 6.14. The molecule has 4 heteroatoms. The van der Waals surface area contributed by atoms with Crippen LogP contribution in [0.2, 0.25) is 0 Å². The lowest BCUT2D eigenvalue weighted by Crippen LogP contribution is -2.16. The quantitative estimate of drug-likeness (QED) is 0.815. The van der Waals surface area contributed by atoms with Crippen LogP contribution in [0.5, 0.6) is 5.75 Å². The summed E-state index contributed by atoms with van der Waals surface area (Å²) in [4.78, 5) is 10.6. The molecule has 1 unspecified atom stereocenters. The van der Waals surface area contributed by atoms with Crippen LogP contribution in [-0.4, -0.2) is 17.2 Å². The Kier molecular flexibility index (Phi) is 5.16. The summed E-state index contributed by atoms with van der Waals surface area (Å²) in [5.41, 5.74) is 8.01. The molecule has 3 N–H and O–H groups in total. The van der Waals surface area contributed by atoms with E-state index in [9.17, 15) is 4.79 Å². The molecule has 1 aromatic rings. The molecular weight excluding hydrogens is 230 g/mol. The number of benzene rings is 1. The van der Waals surface area contributed by atoms with Gasteiger partial charge in [0.05, 0.1) is 6.10 Å². The third kappa shape index (κ3) is 4.37. The summed E-state index contributed by atoms with van der Waals surface area (Å²) >= 11 is 0. The van der Waals surface area contributed by atoms with Crippen molar-refractivity contribution < 1.29 is 14.6 Å². The van der Waals surface area contributed by atoms with E-state index in [1.807, 2.05) is 39.0 Å². The Morgan fingerprint density at radius 3 is 2.67 bits per heavy atom. The van der Waals surface area contributed by atoms with Gasteiger partial charge in [-0.3, -0.25) is 4.79 Å². The first kappa shape index (κ1) is 14.5. The van der Waals surface area contributed by atoms with Gasteiger partial charge in [0.1, 0.15) is 5.75 Å². The summed E-state index contributed by atoms with van der Waals surface area (Å²) in [6.07, 6.45) is 0.543. The van der Waals surface area contributed by atoms with Gasteiger partial charge in [-0.25, -0.2) is 0 Å². The van der Waals surface area contributed by atoms with E-state index in [1.54, 1.807) is 0 Å². The number of rotatable bonds is 6. The van der Waals surface area contributed by atoms with Gasteiger partial charge in [0.2, 0.25) is 0 Å². The molecular formula is C14H21NO3. The largest absolute Gasteiger partial charge is 0.491 e. The number of hydrogen-bond donors (Lipinski definition) is 2. The van der Waals surface area contributed by atoms with E-state index in [0.717, 1.165) is 16.9 Å². The standard InChI is InChI=1S/C14H21NO3/c1-9(2)18-13-6-4-10(3)8-11(13)12(15)5-7-14(16)17/h4,6,8-9,12H,5,7,15H2,1-3H3,(H,16,17). The van der Waals surface area contributed by atoms with Gasteiger partial charge in [-0.1, -0.05) is 17.7 Å². The minimum Gasteiger partial charge on any atom is -0.491 e. The summed E-state index contributed by atoms with van der Waals surface area (Å²) in [5.74, 6) is -0.0853. The van der Waals surface area contributed by atoms with E-state index in [1.165, 1.54) is 0 Å². The highest BCUT2D eigenvalue weighted by atomic mass is 16.5. The zero-order valence-electron chi connectivity index (χ0n) is 11.1. The smallest absolute Gasteiger partial charge is 0.303 e. The molecule has 0 aliphatic carbocycles. The molecule has 1 aromatic carbocycles. The molecule has 1 rings (SSSR count). The van der Waals surface area contributed by atoms with Gasteiger partial charge in [-0.15, -0.1) is 0 Å². The molecule has 1 atom stereocenters. The molecule has 0 radical (unpaired) electrons. The van der Waals surface area contributed by atoms with Crippen molar-refractivity contribution >= 4 is 5.97 Å². The summed E-state index contributed by atoms with van der Waals surface area (Å²) in [6.45, 7) is 5.88. The Balaban J connectivity index is 2.89. The van der Waals surface area contributed by atoms with Crippen molar-refractivity contribution in [2.75, 3.05) is 0 Å². The van der Waals surface area contributed by atoms with Gasteiger partial charge >= 0.3 is 5.97 Å². The zero-order chi connectivity index (χ0) is 13.7. The predicted octanol–water partition coefficient (Wildman–Crippen LogP) is 2.65. The highest BCUT2D eigenvalue weighted by Crippen LogP contribution is 2.28. The highest BCUT2D eigenvalue weighted by Gasteiger charge is 2.14. The van der Waals surface area contributed by atoms with Gasteiger partial charge in [-0.05, 0) is 33.3 Å². The van der Waals surface area contributed by atoms with Crippen LogP contribution in [0, 0.1) is 6.92 Å². The SMILES string of the molecule is Cc1ccc(OC(C)C)c(C(N)CCC(=O)O)c1. The van der Waals surface area contributed by atoms with Crippen molar-refractivity contribution in [2.24, 2.45) is 5.73 Å². The lowest BCUT2D eigenvalue weighted by molar-refractivity contribution is -0.137. The molecule has 0 heterocycles. The second kappa shape index (κ2) is 6.40. The van der Waals surface area contributed by atoms with E-state index in [4.69, 9.17) is 15.6 Å². The number of carboxylic acids is 1. The third-order valence-corrected chi connectivity index (χ3v) is 2.60. The van der Waals surface area contributed by atoms with Crippen LogP contribution in [0.15, 0.2) is 18.2 Å². The van der Waals surface area contributed by atoms with Crippen molar-refractivity contribution in [2.45, 2.75) is 45.8 Å². The summed E-state index contributed by atoms with van der Waals surface area (Å²) in [6, 6.07) is 5.51. The van der Waals surface area contributed by atoms with E-state index in [2.05, 4.69) is 0 Å². The van der Waals surface area contributed by atoms with Crippen LogP contribution in [0.1, 0.15) is 43.9 Å². The molecule has 18 heavy (non-hydrogen) atoms. The van der Waals surface area contributed by atoms with Crippen LogP contribution in [0.3, 0.4) is 0 Å². The van der Waals surface area contributed by atoms with E-state index in [-0.39, 0.29) is 18.6 Å². The number of carboxylic acid groups (broad SMARTS) is 1. The molecule has 0 aromatic heterocycles. The monoisotopic (exact) mass is 251 g/mol. The van der Waals surface area contributed by atoms with Crippen LogP contribution in [-0.2, 0) is 4.79 Å². The second-order valence-electron chi connectivity index (χ2n) is 4.75. The van der Waals surface area contributed by atoms with E-state index < -0.39 is 5.97 Å². The molecule has 0 bridgehead atoms. The highest BCUT2D eigenvalue weighted by molar-refractivity contribution is 5.66. The first-order chi connectivity index (χ1) is 8.40. The molecule has 0 fully saturated rings. The Bertz CT molecular complexity index is 416. The van der Waals surface area contributed by atoms with Gasteiger partial charge < -0.3 is 15.6 Å². The Morgan fingerprint density at radius 1 is 1.44 bits per heavy atom. The number of aryl methyl sites for hydroxylation is 1. The topological polar surface area (TPSA) is 72.5 Å². The normalized spacial score (nSPS) is 12.5. The minimum absolute atomic E-state index is 0.0657. The van der Waals surface area contributed by atoms with Crippen molar-refractivity contribution in [3.63, 3.8) is 0 Å². The van der Waals surface area contributed by atoms with Crippen LogP contribution < -0.4 is 10.5 Å². The van der Waals surface area contributed by atoms with Gasteiger partial charge in [0.25, 0.3) is 0 Å². The van der Waals surface area contributed by atoms with E-state index >= 15 is 0 Å². The third-order valence-electron chi connectivity index (χ3n) is 2.60. The molecule has 0 amide bonds. The van der Waals surface area contributed by atoms with E-state index in [0.29, 0.717) is 6.42 Å². The molecule has 0 saturated carbocycles. The minimum atomic E-state index is -0.829. The van der Waals surface area contributed by atoms with Crippen molar-refractivity contribution in [1.29, 1.82) is 0 Å². The average Bonchev–Trinajstić information content (AvgIpc) is 2.27. The van der Waals surface area contributed by atoms with Gasteiger partial charge in [0.15, 0.2) is 0 Å². The predicted molar refractivity (Wildman–Crippen MR) is 70.7 cm³/mol. The lowest BCUT2D eigenvalue weighted by Gasteiger charge is -2.19. The molecule has 0 aliphatic rings. The van der Waals surface area contributed by atoms with Crippen LogP contribution in [0.4, 0.5) is 0 Å². The molecule has 100 valence electrons. The fourth-order valence-electron chi connectivity index (χ4n) is 1.75. The number of hydrogen-bond acceptors (Lipinski definition) is 3. The number of nitrogens with two attached hydrogens (primary N) is 1. The molecule has 0 spiro atoms. The molecule has 0 aliphatic heterocycles. The number of carbonyl (C=O) groups is 1. The molecule has 4 nitrogen and oxygen atoms in total. The van der Waals surface area contributed by atoms with Gasteiger partial charge in [0, 0.05) is 18.0 Å². The zero-order valence-corrected chi connectivity index (χ0v) is 11.1. The summed E-state index contributed by atoms with van der Waals surface area (Å²) in [5, 5.41) is 8.69. The Morgan fingerprint density at radius 2 is 2.11 bits per heavy atom. The van der Waals surface area contributed by atoms with Crippen molar-refractivity contribution in [1.82, 2.24) is 0 Å². The van der Waals surface area contributed by atoms with Crippen LogP contribution in [0.25, 0.3) is 0 Å². The fourth-order valence-corrected chi connectivity index (χ4v) is 1.75. The maximum absolute atomic E-state index is 10.6. The summed E-state index contributed by atoms with van der Waals surface area (Å²) in [7, 11) is 0. The first-order valence-electron chi connectivity index (χ1n) is 6.14. The summed E-state index contributed by atoms with van der Waals surface area (Å²) < 4.78 is 5.70. The van der Waals surface area contributed by atoms with Crippen molar-refractivity contribution in [3.05, 3.63) is 29.3 Å². The second-order valence-corrected chi connectivity index (χ2v) is 4.75. The Labute approximate surface area is 108 Å². The molecule has 0 saturated heterocycles. The maximum atomic E-state index is 10.6. The maximum Gasteiger partial charge on any atom is 0.303 e. The Hall–Kier alpha value is -1.55. The van der Waals surface area contributed by atoms with Crippen LogP contribution >= 0.6 is 0 Å². The van der Waals surface area contributed by atoms with Gasteiger partial charge in [-0.2, -0.15) is 0 Å². The lowest BCUT2D eigenvalue weighted by atomic mass is 10.00. The fraction of sp³-hybridized carbons (Fsp3) is 0.500. The van der Waals surface area contributed by atoms with Crippen molar-refractivity contribution in [3.8, 4) is 5.75 Å². The average molecular weight is 251 g/mol.